The Morgan fingerprint density at radius 2 is 1.73 bits per heavy atom. The number of halogens is 1. The Hall–Kier alpha value is -6.26. The maximum absolute atomic E-state index is 14.6. The van der Waals surface area contributed by atoms with E-state index in [1.165, 1.54) is 38.3 Å². The number of nitrogens with one attached hydrogen (secondary N) is 3. The Kier molecular flexibility index (Phi) is 17.1. The zero-order valence-corrected chi connectivity index (χ0v) is 43.8. The lowest BCUT2D eigenvalue weighted by Crippen LogP contribution is -2.61. The number of nitrogens with zero attached hydrogens (tertiary/aromatic N) is 4. The normalized spacial score (nSPS) is 20.3. The van der Waals surface area contributed by atoms with Gasteiger partial charge in [-0.15, -0.1) is 11.3 Å². The second kappa shape index (κ2) is 23.3. The lowest BCUT2D eigenvalue weighted by Gasteiger charge is -2.39. The van der Waals surface area contributed by atoms with Crippen LogP contribution in [0.1, 0.15) is 108 Å². The van der Waals surface area contributed by atoms with Crippen molar-refractivity contribution in [2.45, 2.75) is 120 Å². The number of thiophene rings is 1. The molecule has 0 bridgehead atoms. The quantitative estimate of drug-likeness (QED) is 0.0332. The fraction of sp³-hybridized carbons (Fsp3) is 0.451. The first-order valence-electron chi connectivity index (χ1n) is 24.9. The van der Waals surface area contributed by atoms with Gasteiger partial charge in [-0.1, -0.05) is 36.2 Å². The maximum atomic E-state index is 14.6. The molecule has 3 aliphatic rings. The van der Waals surface area contributed by atoms with E-state index >= 15 is 0 Å². The van der Waals surface area contributed by atoms with Crippen molar-refractivity contribution in [3.8, 4) is 5.75 Å². The van der Waals surface area contributed by atoms with Crippen LogP contribution in [0.2, 0.25) is 5.02 Å². The van der Waals surface area contributed by atoms with Crippen molar-refractivity contribution in [3.63, 3.8) is 0 Å². The number of benzene rings is 3. The molecule has 0 saturated carbocycles. The van der Waals surface area contributed by atoms with E-state index in [0.717, 1.165) is 48.1 Å². The molecular weight excluding hydrogens is 1030 g/mol. The van der Waals surface area contributed by atoms with Gasteiger partial charge < -0.3 is 40.9 Å². The summed E-state index contributed by atoms with van der Waals surface area (Å²) in [5.74, 6) is -2.69. The van der Waals surface area contributed by atoms with Crippen LogP contribution < -0.4 is 32.1 Å². The smallest absolute Gasteiger partial charge is 0.396 e. The summed E-state index contributed by atoms with van der Waals surface area (Å²) in [5, 5.41) is 19.5. The average molecular weight is 1090 g/mol. The SMILES string of the molecule is CC(O)N1CC[C@H]2CC[C@@H](C(=O)N[C@@H](CCC(N)=O)COc3cccc(CCCCCc4ccc5c(c4)n(C)c(=O)n5C4CCC(=O)NC4=O)c3Cl)N2C(=O)[C@@H](NC(=O)c2cc3cc(C(=O)P(=O)(O)O)ccc3s2)C1. The predicted molar refractivity (Wildman–Crippen MR) is 278 cm³/mol. The van der Waals surface area contributed by atoms with Gasteiger partial charge in [-0.2, -0.15) is 0 Å². The van der Waals surface area contributed by atoms with E-state index < -0.39 is 79.1 Å². The number of hydrogen-bond acceptors (Lipinski definition) is 13. The minimum absolute atomic E-state index is 0.0680. The third-order valence-electron chi connectivity index (χ3n) is 14.3. The summed E-state index contributed by atoms with van der Waals surface area (Å²) in [6.45, 7) is 1.76. The first-order chi connectivity index (χ1) is 35.7. The van der Waals surface area contributed by atoms with Crippen molar-refractivity contribution in [2.75, 3.05) is 19.7 Å². The molecule has 5 aromatic rings. The van der Waals surface area contributed by atoms with E-state index in [1.54, 1.807) is 24.9 Å². The lowest BCUT2D eigenvalue weighted by atomic mass is 10.0. The summed E-state index contributed by atoms with van der Waals surface area (Å²) < 4.78 is 21.4. The molecule has 3 aromatic carbocycles. The second-order valence-electron chi connectivity index (χ2n) is 19.5. The number of aliphatic hydroxyl groups excluding tert-OH is 1. The number of unbranched alkanes of at least 4 members (excludes halogenated alkanes) is 2. The summed E-state index contributed by atoms with van der Waals surface area (Å²) in [4.78, 5) is 127. The number of hydrogen-bond donors (Lipinski definition) is 7. The van der Waals surface area contributed by atoms with Gasteiger partial charge in [0.15, 0.2) is 0 Å². The zero-order chi connectivity index (χ0) is 53.9. The molecule has 0 radical (unpaired) electrons. The molecule has 21 nitrogen and oxygen atoms in total. The third-order valence-corrected chi connectivity index (χ3v) is 16.6. The first kappa shape index (κ1) is 55.0. The minimum Gasteiger partial charge on any atom is -0.490 e. The number of aromatic nitrogens is 2. The Bertz CT molecular complexity index is 3170. The van der Waals surface area contributed by atoms with E-state index in [9.17, 15) is 57.8 Å². The number of nitrogens with two attached hydrogens (primary N) is 1. The number of carbonyl (C=O) groups excluding carboxylic acids is 7. The molecule has 3 fully saturated rings. The van der Waals surface area contributed by atoms with E-state index in [-0.39, 0.29) is 60.9 Å². The number of aliphatic hydroxyl groups is 1. The van der Waals surface area contributed by atoms with Gasteiger partial charge in [0, 0.05) is 49.3 Å². The Morgan fingerprint density at radius 1 is 0.960 bits per heavy atom. The molecule has 24 heteroatoms. The van der Waals surface area contributed by atoms with E-state index in [4.69, 9.17) is 22.1 Å². The molecule has 8 rings (SSSR count). The second-order valence-corrected chi connectivity index (χ2v) is 22.4. The van der Waals surface area contributed by atoms with Gasteiger partial charge in [0.05, 0.1) is 27.0 Å². The maximum Gasteiger partial charge on any atom is 0.396 e. The van der Waals surface area contributed by atoms with Crippen LogP contribution in [0, 0.1) is 0 Å². The summed E-state index contributed by atoms with van der Waals surface area (Å²) in [6.07, 6.45) is 4.67. The van der Waals surface area contributed by atoms with Crippen LogP contribution >= 0.6 is 30.5 Å². The molecule has 3 saturated heterocycles. The van der Waals surface area contributed by atoms with Crippen LogP contribution in [-0.2, 0) is 48.4 Å². The molecule has 6 amide bonds. The van der Waals surface area contributed by atoms with Crippen LogP contribution in [0.3, 0.4) is 0 Å². The molecule has 0 aliphatic carbocycles. The fourth-order valence-corrected chi connectivity index (χ4v) is 12.0. The van der Waals surface area contributed by atoms with Gasteiger partial charge in [-0.05, 0) is 124 Å². The number of carbonyl (C=O) groups is 7. The van der Waals surface area contributed by atoms with Crippen molar-refractivity contribution < 1.29 is 57.8 Å². The average Bonchev–Trinajstić information content (AvgIpc) is 4.08. The van der Waals surface area contributed by atoms with Crippen molar-refractivity contribution in [1.29, 1.82) is 0 Å². The number of aryl methyl sites for hydroxylation is 3. The highest BCUT2D eigenvalue weighted by Crippen LogP contribution is 2.40. The molecule has 5 heterocycles. The number of ether oxygens (including phenoxy) is 1. The molecule has 2 aromatic heterocycles. The Morgan fingerprint density at radius 3 is 2.47 bits per heavy atom. The standard InChI is InChI=1S/C51H60ClN8O13PS/c1-28(61)58-22-21-34-14-16-37(59(34)49(67)35(26-58)55-48(66)42-25-32-24-31(12-18-41(32)75-42)50(68)74(70,71)72)46(64)54-33(13-19-43(53)62)27-73-40-10-6-9-30(45(40)52)8-5-3-4-7-29-11-15-36-39(23-29)57(2)51(69)60(36)38-17-20-44(63)56-47(38)65/h6,9-12,15,18,23-25,28,33-35,37-38,61H,3-5,7-8,13-14,16-17,19-22,26-27H2,1-2H3,(H2,53,62)(H,54,64)(H,55,66)(H,56,63,65)(H2,70,71,72)/t28?,33-,34+,35-,37-,38?/m0/s1. The van der Waals surface area contributed by atoms with Crippen molar-refractivity contribution in [1.82, 2.24) is 34.9 Å². The van der Waals surface area contributed by atoms with Gasteiger partial charge in [0.1, 0.15) is 36.7 Å². The number of primary amides is 1. The number of fused-ring (bicyclic) bond motifs is 3. The largest absolute Gasteiger partial charge is 0.490 e. The van der Waals surface area contributed by atoms with Crippen LogP contribution in [0.25, 0.3) is 21.1 Å². The van der Waals surface area contributed by atoms with Gasteiger partial charge in [-0.3, -0.25) is 57.5 Å². The first-order valence-corrected chi connectivity index (χ1v) is 27.7. The summed E-state index contributed by atoms with van der Waals surface area (Å²) in [7, 11) is -3.39. The Labute approximate surface area is 439 Å². The number of imide groups is 1. The number of rotatable bonds is 20. The van der Waals surface area contributed by atoms with E-state index in [2.05, 4.69) is 16.0 Å². The van der Waals surface area contributed by atoms with Crippen LogP contribution in [0.5, 0.6) is 5.75 Å². The molecule has 8 N–H and O–H groups in total. The lowest BCUT2D eigenvalue weighted by molar-refractivity contribution is -0.144. The fourth-order valence-electron chi connectivity index (χ4n) is 10.3. The summed E-state index contributed by atoms with van der Waals surface area (Å²) in [6, 6.07) is 12.6. The Balaban J connectivity index is 0.882. The monoisotopic (exact) mass is 1090 g/mol. The van der Waals surface area contributed by atoms with Crippen LogP contribution in [0.4, 0.5) is 0 Å². The van der Waals surface area contributed by atoms with E-state index in [0.29, 0.717) is 64.1 Å². The number of imidazole rings is 1. The molecular formula is C51H60ClN8O13PS. The highest BCUT2D eigenvalue weighted by Gasteiger charge is 2.46. The summed E-state index contributed by atoms with van der Waals surface area (Å²) in [5.41, 5.74) is 6.87. The van der Waals surface area contributed by atoms with Crippen LogP contribution in [0.15, 0.2) is 65.5 Å². The van der Waals surface area contributed by atoms with Gasteiger partial charge in [0.25, 0.3) is 11.4 Å². The topological polar surface area (TPSA) is 302 Å². The van der Waals surface area contributed by atoms with Crippen LogP contribution in [-0.4, -0.2) is 125 Å². The highest BCUT2D eigenvalue weighted by atomic mass is 35.5. The molecule has 6 atom stereocenters. The molecule has 2 unspecified atom stereocenters. The van der Waals surface area contributed by atoms with Crippen molar-refractivity contribution in [3.05, 3.63) is 97.7 Å². The zero-order valence-electron chi connectivity index (χ0n) is 41.4. The minimum atomic E-state index is -5.06. The highest BCUT2D eigenvalue weighted by molar-refractivity contribution is 7.70. The van der Waals surface area contributed by atoms with Gasteiger partial charge in [-0.25, -0.2) is 4.79 Å². The van der Waals surface area contributed by atoms with Crippen molar-refractivity contribution in [2.24, 2.45) is 12.8 Å². The van der Waals surface area contributed by atoms with Crippen molar-refractivity contribution >= 4 is 92.6 Å². The van der Waals surface area contributed by atoms with Gasteiger partial charge in [0.2, 0.25) is 29.5 Å². The number of piperidine rings is 1. The molecule has 0 spiro atoms. The number of amides is 6. The molecule has 75 heavy (non-hydrogen) atoms. The summed E-state index contributed by atoms with van der Waals surface area (Å²) >= 11 is 7.95. The predicted octanol–water partition coefficient (Wildman–Crippen LogP) is 3.79. The van der Waals surface area contributed by atoms with Gasteiger partial charge >= 0.3 is 13.3 Å². The third kappa shape index (κ3) is 12.5. The molecule has 400 valence electrons. The van der Waals surface area contributed by atoms with E-state index in [1.807, 2.05) is 30.3 Å². The molecule has 3 aliphatic heterocycles.